The molecule has 20 heavy (non-hydrogen) atoms. The first-order chi connectivity index (χ1) is 9.19. The number of carboxylic acids is 1. The standard InChI is InChI=1S/C11H19F3N2O4/c1-2-3-8(6-9(18)19)15-10(20)16(4-5-17)7-11(12,13)14/h8,17H,2-7H2,1H3,(H,15,20)(H,18,19). The van der Waals surface area contributed by atoms with E-state index in [0.717, 1.165) is 0 Å². The molecule has 2 amide bonds. The van der Waals surface area contributed by atoms with E-state index in [4.69, 9.17) is 10.2 Å². The molecule has 0 saturated carbocycles. The van der Waals surface area contributed by atoms with Crippen LogP contribution < -0.4 is 5.32 Å². The van der Waals surface area contributed by atoms with Crippen molar-refractivity contribution in [3.05, 3.63) is 0 Å². The molecule has 0 rings (SSSR count). The number of rotatable bonds is 8. The van der Waals surface area contributed by atoms with Crippen LogP contribution in [0, 0.1) is 0 Å². The summed E-state index contributed by atoms with van der Waals surface area (Å²) in [5.41, 5.74) is 0. The quantitative estimate of drug-likeness (QED) is 0.628. The minimum atomic E-state index is -4.58. The van der Waals surface area contributed by atoms with E-state index in [9.17, 15) is 22.8 Å². The first kappa shape index (κ1) is 18.5. The molecule has 0 aromatic carbocycles. The number of hydrogen-bond donors (Lipinski definition) is 3. The summed E-state index contributed by atoms with van der Waals surface area (Å²) in [4.78, 5) is 22.7. The predicted molar refractivity (Wildman–Crippen MR) is 64.2 cm³/mol. The van der Waals surface area contributed by atoms with Crippen LogP contribution in [0.5, 0.6) is 0 Å². The number of carbonyl (C=O) groups excluding carboxylic acids is 1. The van der Waals surface area contributed by atoms with Gasteiger partial charge >= 0.3 is 18.2 Å². The fraction of sp³-hybridized carbons (Fsp3) is 0.818. The Morgan fingerprint density at radius 3 is 2.35 bits per heavy atom. The van der Waals surface area contributed by atoms with Gasteiger partial charge in [-0.1, -0.05) is 13.3 Å². The Balaban J connectivity index is 4.65. The van der Waals surface area contributed by atoms with Gasteiger partial charge in [0.1, 0.15) is 6.54 Å². The molecule has 0 spiro atoms. The lowest BCUT2D eigenvalue weighted by Crippen LogP contribution is -2.49. The monoisotopic (exact) mass is 300 g/mol. The fourth-order valence-electron chi connectivity index (χ4n) is 1.64. The predicted octanol–water partition coefficient (Wildman–Crippen LogP) is 1.20. The van der Waals surface area contributed by atoms with Gasteiger partial charge in [-0.25, -0.2) is 4.79 Å². The molecule has 0 fully saturated rings. The number of halogens is 3. The summed E-state index contributed by atoms with van der Waals surface area (Å²) in [5.74, 6) is -1.15. The van der Waals surface area contributed by atoms with Gasteiger partial charge in [-0.2, -0.15) is 13.2 Å². The van der Waals surface area contributed by atoms with Crippen LogP contribution in [0.3, 0.4) is 0 Å². The van der Waals surface area contributed by atoms with E-state index in [1.807, 2.05) is 0 Å². The topological polar surface area (TPSA) is 89.9 Å². The van der Waals surface area contributed by atoms with E-state index in [1.54, 1.807) is 6.92 Å². The molecule has 1 unspecified atom stereocenters. The Labute approximate surface area is 114 Å². The molecular weight excluding hydrogens is 281 g/mol. The summed E-state index contributed by atoms with van der Waals surface area (Å²) in [6.07, 6.45) is -4.02. The Morgan fingerprint density at radius 2 is 1.95 bits per heavy atom. The van der Waals surface area contributed by atoms with Crippen LogP contribution >= 0.6 is 0 Å². The van der Waals surface area contributed by atoms with Crippen LogP contribution in [0.25, 0.3) is 0 Å². The number of carbonyl (C=O) groups is 2. The number of nitrogens with zero attached hydrogens (tertiary/aromatic N) is 1. The highest BCUT2D eigenvalue weighted by Gasteiger charge is 2.33. The van der Waals surface area contributed by atoms with Crippen LogP contribution in [0.4, 0.5) is 18.0 Å². The van der Waals surface area contributed by atoms with Gasteiger partial charge in [-0.15, -0.1) is 0 Å². The summed E-state index contributed by atoms with van der Waals surface area (Å²) in [6, 6.07) is -1.77. The third-order valence-corrected chi connectivity index (χ3v) is 2.41. The number of aliphatic hydroxyl groups is 1. The Morgan fingerprint density at radius 1 is 1.35 bits per heavy atom. The maximum atomic E-state index is 12.3. The van der Waals surface area contributed by atoms with E-state index in [2.05, 4.69) is 5.32 Å². The lowest BCUT2D eigenvalue weighted by atomic mass is 10.1. The van der Waals surface area contributed by atoms with E-state index in [-0.39, 0.29) is 6.42 Å². The molecule has 1 atom stereocenters. The average molecular weight is 300 g/mol. The van der Waals surface area contributed by atoms with E-state index < -0.39 is 43.9 Å². The van der Waals surface area contributed by atoms with Gasteiger partial charge in [0.05, 0.1) is 13.0 Å². The summed E-state index contributed by atoms with van der Waals surface area (Å²) >= 11 is 0. The molecule has 0 aromatic rings. The third kappa shape index (κ3) is 8.57. The molecule has 0 aliphatic heterocycles. The normalized spacial score (nSPS) is 12.8. The second-order valence-corrected chi connectivity index (χ2v) is 4.29. The van der Waals surface area contributed by atoms with Crippen LogP contribution in [-0.2, 0) is 4.79 Å². The van der Waals surface area contributed by atoms with Crippen LogP contribution in [0.15, 0.2) is 0 Å². The second-order valence-electron chi connectivity index (χ2n) is 4.29. The van der Waals surface area contributed by atoms with E-state index >= 15 is 0 Å². The van der Waals surface area contributed by atoms with Crippen molar-refractivity contribution in [3.8, 4) is 0 Å². The Kier molecular flexibility index (Phi) is 7.97. The number of carboxylic acid groups (broad SMARTS) is 1. The molecule has 0 saturated heterocycles. The van der Waals surface area contributed by atoms with Crippen molar-refractivity contribution in [1.29, 1.82) is 0 Å². The maximum Gasteiger partial charge on any atom is 0.406 e. The highest BCUT2D eigenvalue weighted by atomic mass is 19.4. The summed E-state index contributed by atoms with van der Waals surface area (Å²) in [7, 11) is 0. The van der Waals surface area contributed by atoms with Gasteiger partial charge in [0.25, 0.3) is 0 Å². The van der Waals surface area contributed by atoms with Crippen molar-refractivity contribution in [2.45, 2.75) is 38.4 Å². The van der Waals surface area contributed by atoms with Crippen molar-refractivity contribution < 1.29 is 33.0 Å². The molecule has 3 N–H and O–H groups in total. The zero-order chi connectivity index (χ0) is 15.8. The molecule has 0 radical (unpaired) electrons. The molecule has 0 aliphatic rings. The number of nitrogens with one attached hydrogen (secondary N) is 1. The lowest BCUT2D eigenvalue weighted by Gasteiger charge is -2.26. The highest BCUT2D eigenvalue weighted by molar-refractivity contribution is 5.76. The number of hydrogen-bond acceptors (Lipinski definition) is 3. The molecule has 9 heteroatoms. The Bertz CT molecular complexity index is 323. The average Bonchev–Trinajstić information content (AvgIpc) is 2.26. The van der Waals surface area contributed by atoms with Crippen molar-refractivity contribution in [3.63, 3.8) is 0 Å². The van der Waals surface area contributed by atoms with Crippen molar-refractivity contribution >= 4 is 12.0 Å². The summed E-state index contributed by atoms with van der Waals surface area (Å²) in [6.45, 7) is -0.814. The molecular formula is C11H19F3N2O4. The second kappa shape index (κ2) is 8.62. The molecule has 0 bridgehead atoms. The van der Waals surface area contributed by atoms with E-state index in [1.165, 1.54) is 0 Å². The fourth-order valence-corrected chi connectivity index (χ4v) is 1.64. The molecule has 0 heterocycles. The summed E-state index contributed by atoms with van der Waals surface area (Å²) < 4.78 is 36.9. The number of amides is 2. The van der Waals surface area contributed by atoms with Crippen molar-refractivity contribution in [2.24, 2.45) is 0 Å². The zero-order valence-electron chi connectivity index (χ0n) is 11.1. The van der Waals surface area contributed by atoms with Crippen LogP contribution in [0.2, 0.25) is 0 Å². The molecule has 0 aromatic heterocycles. The number of urea groups is 1. The molecule has 118 valence electrons. The summed E-state index contributed by atoms with van der Waals surface area (Å²) in [5, 5.41) is 19.6. The van der Waals surface area contributed by atoms with Gasteiger partial charge in [-0.05, 0) is 6.42 Å². The number of alkyl halides is 3. The zero-order valence-corrected chi connectivity index (χ0v) is 11.1. The van der Waals surface area contributed by atoms with Crippen molar-refractivity contribution in [1.82, 2.24) is 10.2 Å². The molecule has 0 aliphatic carbocycles. The van der Waals surface area contributed by atoms with Gasteiger partial charge in [-0.3, -0.25) is 4.79 Å². The van der Waals surface area contributed by atoms with Gasteiger partial charge in [0.2, 0.25) is 0 Å². The van der Waals surface area contributed by atoms with Crippen LogP contribution in [-0.4, -0.2) is 59.0 Å². The third-order valence-electron chi connectivity index (χ3n) is 2.41. The van der Waals surface area contributed by atoms with Gasteiger partial charge in [0, 0.05) is 12.6 Å². The highest BCUT2D eigenvalue weighted by Crippen LogP contribution is 2.16. The SMILES string of the molecule is CCCC(CC(=O)O)NC(=O)N(CCO)CC(F)(F)F. The first-order valence-corrected chi connectivity index (χ1v) is 6.14. The minimum absolute atomic E-state index is 0.344. The smallest absolute Gasteiger partial charge is 0.406 e. The van der Waals surface area contributed by atoms with Gasteiger partial charge in [0.15, 0.2) is 0 Å². The number of aliphatic hydroxyl groups excluding tert-OH is 1. The number of aliphatic carboxylic acids is 1. The minimum Gasteiger partial charge on any atom is -0.481 e. The first-order valence-electron chi connectivity index (χ1n) is 6.14. The molecule has 6 nitrogen and oxygen atoms in total. The largest absolute Gasteiger partial charge is 0.481 e. The van der Waals surface area contributed by atoms with E-state index in [0.29, 0.717) is 17.7 Å². The van der Waals surface area contributed by atoms with Crippen LogP contribution in [0.1, 0.15) is 26.2 Å². The Hall–Kier alpha value is -1.51. The van der Waals surface area contributed by atoms with Gasteiger partial charge < -0.3 is 20.4 Å². The van der Waals surface area contributed by atoms with Crippen molar-refractivity contribution in [2.75, 3.05) is 19.7 Å². The lowest BCUT2D eigenvalue weighted by molar-refractivity contribution is -0.141. The maximum absolute atomic E-state index is 12.3.